The van der Waals surface area contributed by atoms with Gasteiger partial charge in [0, 0.05) is 17.1 Å². The molecule has 2 atom stereocenters. The van der Waals surface area contributed by atoms with Gasteiger partial charge in [0.2, 0.25) is 5.91 Å². The van der Waals surface area contributed by atoms with Crippen molar-refractivity contribution in [1.82, 2.24) is 10.3 Å². The smallest absolute Gasteiger partial charge is 0.236 e. The maximum Gasteiger partial charge on any atom is 0.236 e. The van der Waals surface area contributed by atoms with E-state index in [9.17, 15) is 9.90 Å². The molecule has 0 aliphatic heterocycles. The molecule has 0 bridgehead atoms. The predicted octanol–water partition coefficient (Wildman–Crippen LogP) is 0.957. The van der Waals surface area contributed by atoms with Crippen molar-refractivity contribution in [3.8, 4) is 0 Å². The minimum absolute atomic E-state index is 0. The van der Waals surface area contributed by atoms with Crippen LogP contribution in [0.25, 0.3) is 10.9 Å². The largest absolute Gasteiger partial charge is 0.394 e. The summed E-state index contributed by atoms with van der Waals surface area (Å²) < 4.78 is 0. The van der Waals surface area contributed by atoms with Crippen LogP contribution < -0.4 is 11.1 Å². The Kier molecular flexibility index (Phi) is 6.01. The summed E-state index contributed by atoms with van der Waals surface area (Å²) in [6.45, 7) is 1.51. The molecule has 2 aromatic rings. The molecular formula is C14H20ClN3O2. The lowest BCUT2D eigenvalue weighted by Gasteiger charge is -2.17. The fraction of sp³-hybridized carbons (Fsp3) is 0.357. The number of rotatable bonds is 5. The summed E-state index contributed by atoms with van der Waals surface area (Å²) in [6.07, 6.45) is 2.48. The van der Waals surface area contributed by atoms with Crippen LogP contribution in [0.4, 0.5) is 0 Å². The van der Waals surface area contributed by atoms with Crippen LogP contribution in [-0.2, 0) is 11.2 Å². The number of hydrogen-bond acceptors (Lipinski definition) is 3. The van der Waals surface area contributed by atoms with E-state index in [0.29, 0.717) is 6.42 Å². The van der Waals surface area contributed by atoms with Crippen LogP contribution in [0.15, 0.2) is 30.5 Å². The van der Waals surface area contributed by atoms with Crippen molar-refractivity contribution in [3.63, 3.8) is 0 Å². The Hall–Kier alpha value is -1.56. The second-order valence-corrected chi connectivity index (χ2v) is 4.74. The maximum absolute atomic E-state index is 11.5. The Morgan fingerprint density at radius 2 is 2.15 bits per heavy atom. The van der Waals surface area contributed by atoms with Crippen LogP contribution in [0.5, 0.6) is 0 Å². The van der Waals surface area contributed by atoms with E-state index in [-0.39, 0.29) is 31.0 Å². The highest BCUT2D eigenvalue weighted by molar-refractivity contribution is 5.85. The van der Waals surface area contributed by atoms with E-state index in [1.165, 1.54) is 0 Å². The zero-order valence-electron chi connectivity index (χ0n) is 11.3. The monoisotopic (exact) mass is 297 g/mol. The second kappa shape index (κ2) is 7.28. The maximum atomic E-state index is 11.5. The van der Waals surface area contributed by atoms with Crippen LogP contribution in [-0.4, -0.2) is 34.7 Å². The molecule has 0 aliphatic carbocycles. The molecule has 0 aliphatic rings. The summed E-state index contributed by atoms with van der Waals surface area (Å²) in [6, 6.07) is 7.05. The molecular weight excluding hydrogens is 278 g/mol. The highest BCUT2D eigenvalue weighted by Crippen LogP contribution is 2.18. The van der Waals surface area contributed by atoms with Gasteiger partial charge < -0.3 is 21.1 Å². The normalized spacial score (nSPS) is 13.6. The second-order valence-electron chi connectivity index (χ2n) is 4.74. The molecule has 1 aromatic heterocycles. The van der Waals surface area contributed by atoms with Gasteiger partial charge in [-0.1, -0.05) is 18.2 Å². The number of H-pyrrole nitrogens is 1. The number of carbonyl (C=O) groups is 1. The quantitative estimate of drug-likeness (QED) is 0.662. The number of fused-ring (bicyclic) bond motifs is 1. The number of aliphatic hydroxyl groups excluding tert-OH is 1. The first-order chi connectivity index (χ1) is 9.11. The summed E-state index contributed by atoms with van der Waals surface area (Å²) in [5.74, 6) is -0.251. The zero-order chi connectivity index (χ0) is 13.8. The molecule has 0 fully saturated rings. The summed E-state index contributed by atoms with van der Waals surface area (Å²) in [4.78, 5) is 14.7. The molecule has 110 valence electrons. The zero-order valence-corrected chi connectivity index (χ0v) is 12.1. The van der Waals surface area contributed by atoms with Crippen LogP contribution >= 0.6 is 12.4 Å². The molecule has 1 heterocycles. The molecule has 2 rings (SSSR count). The number of nitrogens with one attached hydrogen (secondary N) is 2. The lowest BCUT2D eigenvalue weighted by atomic mass is 10.1. The molecule has 1 amide bonds. The Labute approximate surface area is 124 Å². The predicted molar refractivity (Wildman–Crippen MR) is 81.9 cm³/mol. The molecule has 5 N–H and O–H groups in total. The molecule has 0 radical (unpaired) electrons. The van der Waals surface area contributed by atoms with Gasteiger partial charge in [0.05, 0.1) is 18.7 Å². The number of amides is 1. The van der Waals surface area contributed by atoms with E-state index in [1.807, 2.05) is 30.5 Å². The Balaban J connectivity index is 0.00000200. The first-order valence-corrected chi connectivity index (χ1v) is 6.33. The third kappa shape index (κ3) is 3.72. The molecule has 5 nitrogen and oxygen atoms in total. The molecule has 0 saturated heterocycles. The number of aliphatic hydroxyl groups is 1. The van der Waals surface area contributed by atoms with Gasteiger partial charge in [-0.05, 0) is 25.0 Å². The van der Waals surface area contributed by atoms with Crippen molar-refractivity contribution >= 4 is 29.2 Å². The van der Waals surface area contributed by atoms with E-state index < -0.39 is 6.04 Å². The van der Waals surface area contributed by atoms with Crippen molar-refractivity contribution in [2.24, 2.45) is 5.73 Å². The highest BCUT2D eigenvalue weighted by atomic mass is 35.5. The molecule has 0 saturated carbocycles. The van der Waals surface area contributed by atoms with Gasteiger partial charge in [-0.25, -0.2) is 0 Å². The molecule has 2 unspecified atom stereocenters. The van der Waals surface area contributed by atoms with Crippen LogP contribution in [0.1, 0.15) is 12.5 Å². The van der Waals surface area contributed by atoms with Gasteiger partial charge in [0.25, 0.3) is 0 Å². The summed E-state index contributed by atoms with van der Waals surface area (Å²) in [7, 11) is 0. The standard InChI is InChI=1S/C14H19N3O2.ClH/c1-9(15)14(19)17-11(8-18)6-10-7-16-13-5-3-2-4-12(10)13;/h2-5,7,9,11,16,18H,6,8,15H2,1H3,(H,17,19);1H. The lowest BCUT2D eigenvalue weighted by molar-refractivity contribution is -0.123. The van der Waals surface area contributed by atoms with Gasteiger partial charge >= 0.3 is 0 Å². The van der Waals surface area contributed by atoms with E-state index in [4.69, 9.17) is 5.73 Å². The number of para-hydroxylation sites is 1. The molecule has 20 heavy (non-hydrogen) atoms. The first-order valence-electron chi connectivity index (χ1n) is 6.33. The minimum atomic E-state index is -0.572. The van der Waals surface area contributed by atoms with Crippen LogP contribution in [0.2, 0.25) is 0 Å². The average Bonchev–Trinajstić information content (AvgIpc) is 2.81. The SMILES string of the molecule is CC(N)C(=O)NC(CO)Cc1c[nH]c2ccccc12.Cl. The van der Waals surface area contributed by atoms with Gasteiger partial charge in [-0.3, -0.25) is 4.79 Å². The fourth-order valence-corrected chi connectivity index (χ4v) is 2.06. The number of benzene rings is 1. The topological polar surface area (TPSA) is 91.1 Å². The van der Waals surface area contributed by atoms with Crippen molar-refractivity contribution in [1.29, 1.82) is 0 Å². The number of aromatic amines is 1. The van der Waals surface area contributed by atoms with Gasteiger partial charge in [0.1, 0.15) is 0 Å². The van der Waals surface area contributed by atoms with Crippen LogP contribution in [0, 0.1) is 0 Å². The van der Waals surface area contributed by atoms with Crippen molar-refractivity contribution in [3.05, 3.63) is 36.0 Å². The first kappa shape index (κ1) is 16.5. The van der Waals surface area contributed by atoms with E-state index in [2.05, 4.69) is 10.3 Å². The number of aromatic nitrogens is 1. The minimum Gasteiger partial charge on any atom is -0.394 e. The van der Waals surface area contributed by atoms with Crippen molar-refractivity contribution in [2.45, 2.75) is 25.4 Å². The Morgan fingerprint density at radius 1 is 1.45 bits per heavy atom. The van der Waals surface area contributed by atoms with Gasteiger partial charge in [-0.15, -0.1) is 12.4 Å². The fourth-order valence-electron chi connectivity index (χ4n) is 2.06. The number of nitrogens with two attached hydrogens (primary N) is 1. The molecule has 1 aromatic carbocycles. The van der Waals surface area contributed by atoms with Gasteiger partial charge in [-0.2, -0.15) is 0 Å². The Morgan fingerprint density at radius 3 is 2.80 bits per heavy atom. The van der Waals surface area contributed by atoms with E-state index >= 15 is 0 Å². The summed E-state index contributed by atoms with van der Waals surface area (Å²) >= 11 is 0. The molecule has 0 spiro atoms. The van der Waals surface area contributed by atoms with Gasteiger partial charge in [0.15, 0.2) is 0 Å². The van der Waals surface area contributed by atoms with Crippen molar-refractivity contribution in [2.75, 3.05) is 6.61 Å². The number of carbonyl (C=O) groups excluding carboxylic acids is 1. The number of hydrogen-bond donors (Lipinski definition) is 4. The summed E-state index contributed by atoms with van der Waals surface area (Å²) in [5.41, 5.74) is 7.62. The van der Waals surface area contributed by atoms with E-state index in [0.717, 1.165) is 16.5 Å². The third-order valence-corrected chi connectivity index (χ3v) is 3.12. The lowest BCUT2D eigenvalue weighted by Crippen LogP contribution is -2.46. The number of halogens is 1. The highest BCUT2D eigenvalue weighted by Gasteiger charge is 2.16. The Bertz CT molecular complexity index is 568. The summed E-state index contributed by atoms with van der Waals surface area (Å²) in [5, 5.41) is 13.2. The van der Waals surface area contributed by atoms with Crippen molar-refractivity contribution < 1.29 is 9.90 Å². The molecule has 6 heteroatoms. The van der Waals surface area contributed by atoms with Crippen LogP contribution in [0.3, 0.4) is 0 Å². The van der Waals surface area contributed by atoms with E-state index in [1.54, 1.807) is 6.92 Å². The average molecular weight is 298 g/mol. The third-order valence-electron chi connectivity index (χ3n) is 3.12.